The van der Waals surface area contributed by atoms with Crippen molar-refractivity contribution in [2.75, 3.05) is 0 Å². The zero-order chi connectivity index (χ0) is 9.56. The van der Waals surface area contributed by atoms with Crippen molar-refractivity contribution in [1.29, 1.82) is 0 Å². The van der Waals surface area contributed by atoms with Gasteiger partial charge in [-0.1, -0.05) is 13.8 Å². The zero-order valence-electron chi connectivity index (χ0n) is 7.86. The number of hydrogen-bond acceptors (Lipinski definition) is 5. The molecule has 0 aromatic rings. The monoisotopic (exact) mass is 217 g/mol. The average Bonchev–Trinajstić information content (AvgIpc) is 2.03. The molecule has 0 unspecified atom stereocenters. The molecule has 7 heteroatoms. The van der Waals surface area contributed by atoms with Crippen LogP contribution in [0.25, 0.3) is 0 Å². The summed E-state index contributed by atoms with van der Waals surface area (Å²) in [4.78, 5) is 21.0. The Morgan fingerprint density at radius 2 is 1.38 bits per heavy atom. The predicted octanol–water partition coefficient (Wildman–Crippen LogP) is 0.0907. The first-order valence-corrected chi connectivity index (χ1v) is 4.44. The van der Waals surface area contributed by atoms with Crippen LogP contribution >= 0.6 is 0 Å². The van der Waals surface area contributed by atoms with Crippen LogP contribution in [0.15, 0.2) is 0 Å². The minimum absolute atomic E-state index is 0. The van der Waals surface area contributed by atoms with E-state index in [0.717, 1.165) is 0 Å². The van der Waals surface area contributed by atoms with Crippen molar-refractivity contribution < 1.29 is 22.2 Å². The van der Waals surface area contributed by atoms with Gasteiger partial charge in [0.2, 0.25) is 0 Å². The number of rotatable bonds is 4. The molecule has 71 valence electrons. The molecule has 0 aromatic heterocycles. The maximum Gasteiger partial charge on any atom is 0.422 e. The third-order valence-corrected chi connectivity index (χ3v) is 1.54. The van der Waals surface area contributed by atoms with E-state index in [1.807, 2.05) is 0 Å². The van der Waals surface area contributed by atoms with E-state index in [-0.39, 0.29) is 42.4 Å². The summed E-state index contributed by atoms with van der Waals surface area (Å²) >= 11 is -2.28. The summed E-state index contributed by atoms with van der Waals surface area (Å²) in [5.74, 6) is -1.34. The first-order chi connectivity index (χ1) is 5.60. The molecule has 5 nitrogen and oxygen atoms in total. The van der Waals surface area contributed by atoms with Crippen LogP contribution in [0.5, 0.6) is 0 Å². The second kappa shape index (κ2) is 8.68. The van der Waals surface area contributed by atoms with E-state index in [1.54, 1.807) is 13.8 Å². The van der Waals surface area contributed by atoms with Crippen LogP contribution in [-0.2, 0) is 29.3 Å². The van der Waals surface area contributed by atoms with Gasteiger partial charge < -0.3 is 8.37 Å². The van der Waals surface area contributed by atoms with Crippen LogP contribution in [0.3, 0.4) is 0 Å². The maximum atomic E-state index is 10.6. The minimum Gasteiger partial charge on any atom is -0.334 e. The van der Waals surface area contributed by atoms with Crippen molar-refractivity contribution in [2.24, 2.45) is 0 Å². The van der Waals surface area contributed by atoms with Crippen LogP contribution in [0.1, 0.15) is 26.7 Å². The first kappa shape index (κ1) is 15.6. The Hall–Kier alpha value is 0.0900. The third kappa shape index (κ3) is 8.42. The summed E-state index contributed by atoms with van der Waals surface area (Å²) < 4.78 is 18.9. The fourth-order valence-electron chi connectivity index (χ4n) is 0.287. The van der Waals surface area contributed by atoms with E-state index in [4.69, 9.17) is 0 Å². The van der Waals surface area contributed by atoms with Crippen LogP contribution in [0, 0.1) is 0 Å². The first-order valence-electron chi connectivity index (χ1n) is 3.44. The molecule has 0 aliphatic carbocycles. The van der Waals surface area contributed by atoms with Gasteiger partial charge in [0, 0.05) is 42.4 Å². The van der Waals surface area contributed by atoms with Crippen molar-refractivity contribution in [2.45, 2.75) is 26.7 Å². The van der Waals surface area contributed by atoms with Crippen LogP contribution in [0.2, 0.25) is 0 Å². The Bertz CT molecular complexity index is 185. The van der Waals surface area contributed by atoms with Crippen LogP contribution < -0.4 is 0 Å². The molecule has 0 amide bonds. The topological polar surface area (TPSA) is 69.7 Å². The van der Waals surface area contributed by atoms with E-state index in [2.05, 4.69) is 8.37 Å². The smallest absolute Gasteiger partial charge is 0.334 e. The molecule has 0 bridgehead atoms. The summed E-state index contributed by atoms with van der Waals surface area (Å²) in [7, 11) is 0. The summed E-state index contributed by atoms with van der Waals surface area (Å²) in [5, 5.41) is 0. The van der Waals surface area contributed by atoms with Gasteiger partial charge >= 0.3 is 23.3 Å². The molecule has 0 aliphatic heterocycles. The van der Waals surface area contributed by atoms with E-state index in [0.29, 0.717) is 0 Å². The van der Waals surface area contributed by atoms with Gasteiger partial charge in [0.15, 0.2) is 0 Å². The van der Waals surface area contributed by atoms with Crippen molar-refractivity contribution in [1.82, 2.24) is 0 Å². The van der Waals surface area contributed by atoms with Gasteiger partial charge in [0.1, 0.15) is 0 Å². The van der Waals surface area contributed by atoms with Gasteiger partial charge in [-0.2, -0.15) is 4.21 Å². The summed E-state index contributed by atoms with van der Waals surface area (Å²) in [6.07, 6.45) is 0.185. The summed E-state index contributed by atoms with van der Waals surface area (Å²) in [6, 6.07) is 0. The van der Waals surface area contributed by atoms with Crippen molar-refractivity contribution >= 4 is 52.9 Å². The number of hydrogen-bond donors (Lipinski definition) is 0. The molecule has 0 N–H and O–H groups in total. The van der Waals surface area contributed by atoms with Gasteiger partial charge in [0.25, 0.3) is 0 Å². The minimum atomic E-state index is -2.28. The fraction of sp³-hybridized carbons (Fsp3) is 0.667. The Balaban J connectivity index is 0. The molecule has 0 saturated carbocycles. The van der Waals surface area contributed by atoms with Crippen molar-refractivity contribution in [3.63, 3.8) is 0 Å². The van der Waals surface area contributed by atoms with Crippen molar-refractivity contribution in [3.8, 4) is 0 Å². The van der Waals surface area contributed by atoms with Gasteiger partial charge in [-0.3, -0.25) is 9.59 Å². The standard InChI is InChI=1S/C6H10O5S.Na/c1-3-5(7)10-12(9)11-6(8)4-2;/h3-4H2,1-2H3;. The molecular formula is C6H10NaO5S. The average molecular weight is 217 g/mol. The second-order valence-electron chi connectivity index (χ2n) is 1.82. The van der Waals surface area contributed by atoms with Gasteiger partial charge in [-0.25, -0.2) is 0 Å². The maximum absolute atomic E-state index is 10.6. The van der Waals surface area contributed by atoms with Gasteiger partial charge in [-0.15, -0.1) is 0 Å². The van der Waals surface area contributed by atoms with E-state index in [9.17, 15) is 13.8 Å². The predicted molar refractivity (Wildman–Crippen MR) is 46.7 cm³/mol. The normalized spacial score (nSPS) is 8.85. The molecular weight excluding hydrogens is 207 g/mol. The fourth-order valence-corrected chi connectivity index (χ4v) is 0.860. The Labute approximate surface area is 101 Å². The molecule has 13 heavy (non-hydrogen) atoms. The van der Waals surface area contributed by atoms with Crippen LogP contribution in [-0.4, -0.2) is 45.7 Å². The Kier molecular flexibility index (Phi) is 10.4. The van der Waals surface area contributed by atoms with Crippen LogP contribution in [0.4, 0.5) is 0 Å². The number of carbonyl (C=O) groups excluding carboxylic acids is 2. The quantitative estimate of drug-likeness (QED) is 0.624. The molecule has 0 spiro atoms. The van der Waals surface area contributed by atoms with E-state index >= 15 is 0 Å². The molecule has 0 aliphatic rings. The SMILES string of the molecule is CCC(=O)OS(=O)OC(=O)CC.[Na]. The summed E-state index contributed by atoms with van der Waals surface area (Å²) in [5.41, 5.74) is 0. The molecule has 0 atom stereocenters. The van der Waals surface area contributed by atoms with E-state index in [1.165, 1.54) is 0 Å². The summed E-state index contributed by atoms with van der Waals surface area (Å²) in [6.45, 7) is 3.09. The second-order valence-corrected chi connectivity index (χ2v) is 2.56. The Morgan fingerprint density at radius 3 is 1.62 bits per heavy atom. The molecule has 0 aromatic carbocycles. The number of carbonyl (C=O) groups is 2. The van der Waals surface area contributed by atoms with Gasteiger partial charge in [0.05, 0.1) is 0 Å². The molecule has 0 heterocycles. The molecule has 1 radical (unpaired) electrons. The largest absolute Gasteiger partial charge is 0.422 e. The van der Waals surface area contributed by atoms with Crippen molar-refractivity contribution in [3.05, 3.63) is 0 Å². The molecule has 0 saturated heterocycles. The third-order valence-electron chi connectivity index (χ3n) is 0.899. The zero-order valence-corrected chi connectivity index (χ0v) is 10.7. The Morgan fingerprint density at radius 1 is 1.08 bits per heavy atom. The van der Waals surface area contributed by atoms with E-state index < -0.39 is 23.3 Å². The molecule has 0 fully saturated rings. The van der Waals surface area contributed by atoms with Gasteiger partial charge in [-0.05, 0) is 0 Å². The molecule has 0 rings (SSSR count).